The maximum atomic E-state index is 13.2. The first kappa shape index (κ1) is 20.0. The van der Waals surface area contributed by atoms with Crippen LogP contribution in [0.15, 0.2) is 30.3 Å². The van der Waals surface area contributed by atoms with E-state index in [9.17, 15) is 9.18 Å². The Bertz CT molecular complexity index is 876. The summed E-state index contributed by atoms with van der Waals surface area (Å²) in [5.74, 6) is 0.294. The van der Waals surface area contributed by atoms with Gasteiger partial charge in [-0.1, -0.05) is 12.1 Å². The molecule has 2 aliphatic heterocycles. The summed E-state index contributed by atoms with van der Waals surface area (Å²) in [7, 11) is 0. The summed E-state index contributed by atoms with van der Waals surface area (Å²) in [6.07, 6.45) is 1.87. The first-order valence-electron chi connectivity index (χ1n) is 10.2. The van der Waals surface area contributed by atoms with Crippen LogP contribution in [0, 0.1) is 25.6 Å². The predicted octanol–water partition coefficient (Wildman–Crippen LogP) is 2.86. The fourth-order valence-electron chi connectivity index (χ4n) is 4.30. The lowest BCUT2D eigenvalue weighted by atomic mass is 9.86. The maximum absolute atomic E-state index is 13.2. The number of likely N-dealkylation sites (tertiary alicyclic amines) is 1. The van der Waals surface area contributed by atoms with E-state index in [1.54, 1.807) is 10.7 Å². The minimum atomic E-state index is -0.237. The van der Waals surface area contributed by atoms with Gasteiger partial charge in [0.05, 0.1) is 32.0 Å². The number of carbonyl (C=O) groups excluding carboxylic acids is 1. The van der Waals surface area contributed by atoms with Gasteiger partial charge in [-0.3, -0.25) is 9.48 Å². The molecule has 1 amide bonds. The van der Waals surface area contributed by atoms with Crippen molar-refractivity contribution in [2.24, 2.45) is 5.92 Å². The summed E-state index contributed by atoms with van der Waals surface area (Å²) >= 11 is 0. The topological polar surface area (TPSA) is 56.6 Å². The Labute approximate surface area is 170 Å². The SMILES string of the molecule is Cc1cc(C)n(CC(=O)N2CC3(CC(CCOCc4cccc(F)c4)CO3)C2)n1. The van der Waals surface area contributed by atoms with E-state index in [1.165, 1.54) is 12.1 Å². The van der Waals surface area contributed by atoms with Crippen LogP contribution in [-0.2, 0) is 27.4 Å². The first-order valence-corrected chi connectivity index (χ1v) is 10.2. The standard InChI is InChI=1S/C22H28FN3O3/c1-16-8-17(2)26(24-16)11-21(27)25-14-22(15-25)10-19(13-29-22)6-7-28-12-18-4-3-5-20(23)9-18/h3-5,8-9,19H,6-7,10-15H2,1-2H3. The third-order valence-corrected chi connectivity index (χ3v) is 5.81. The zero-order valence-corrected chi connectivity index (χ0v) is 17.1. The maximum Gasteiger partial charge on any atom is 0.244 e. The monoisotopic (exact) mass is 401 g/mol. The molecule has 0 aliphatic carbocycles. The highest BCUT2D eigenvalue weighted by atomic mass is 19.1. The first-order chi connectivity index (χ1) is 13.9. The summed E-state index contributed by atoms with van der Waals surface area (Å²) < 4.78 is 26.7. The van der Waals surface area contributed by atoms with Crippen LogP contribution in [0.1, 0.15) is 29.8 Å². The third-order valence-electron chi connectivity index (χ3n) is 5.81. The molecule has 1 spiro atoms. The molecule has 1 aromatic heterocycles. The van der Waals surface area contributed by atoms with E-state index in [0.717, 1.165) is 29.8 Å². The molecule has 1 atom stereocenters. The molecule has 2 aromatic rings. The Morgan fingerprint density at radius 2 is 2.17 bits per heavy atom. The molecule has 0 N–H and O–H groups in total. The molecular weight excluding hydrogens is 373 g/mol. The van der Waals surface area contributed by atoms with Crippen LogP contribution in [0.25, 0.3) is 0 Å². The van der Waals surface area contributed by atoms with Gasteiger partial charge in [0, 0.05) is 12.3 Å². The molecule has 0 radical (unpaired) electrons. The number of benzene rings is 1. The van der Waals surface area contributed by atoms with Crippen LogP contribution in [0.2, 0.25) is 0 Å². The lowest BCUT2D eigenvalue weighted by Crippen LogP contribution is -2.63. The van der Waals surface area contributed by atoms with Gasteiger partial charge in [-0.25, -0.2) is 4.39 Å². The molecule has 6 nitrogen and oxygen atoms in total. The van der Waals surface area contributed by atoms with Crippen molar-refractivity contribution < 1.29 is 18.7 Å². The molecule has 0 saturated carbocycles. The second-order valence-corrected chi connectivity index (χ2v) is 8.37. The van der Waals surface area contributed by atoms with Gasteiger partial charge in [-0.15, -0.1) is 0 Å². The molecule has 156 valence electrons. The number of nitrogens with zero attached hydrogens (tertiary/aromatic N) is 3. The Morgan fingerprint density at radius 3 is 2.90 bits per heavy atom. The average molecular weight is 401 g/mol. The van der Waals surface area contributed by atoms with Gasteiger partial charge < -0.3 is 14.4 Å². The van der Waals surface area contributed by atoms with Crippen molar-refractivity contribution in [2.75, 3.05) is 26.3 Å². The molecule has 3 heterocycles. The highest BCUT2D eigenvalue weighted by Gasteiger charge is 2.50. The van der Waals surface area contributed by atoms with Crippen LogP contribution in [0.5, 0.6) is 0 Å². The number of amides is 1. The largest absolute Gasteiger partial charge is 0.377 e. The predicted molar refractivity (Wildman–Crippen MR) is 106 cm³/mol. The Hall–Kier alpha value is -2.25. The number of carbonyl (C=O) groups is 1. The minimum Gasteiger partial charge on any atom is -0.377 e. The van der Waals surface area contributed by atoms with Gasteiger partial charge in [-0.05, 0) is 56.4 Å². The Balaban J connectivity index is 1.17. The smallest absolute Gasteiger partial charge is 0.244 e. The van der Waals surface area contributed by atoms with Crippen molar-refractivity contribution in [3.8, 4) is 0 Å². The van der Waals surface area contributed by atoms with Gasteiger partial charge in [0.25, 0.3) is 0 Å². The second kappa shape index (κ2) is 8.24. The van der Waals surface area contributed by atoms with Gasteiger partial charge in [0.2, 0.25) is 5.91 Å². The number of hydrogen-bond acceptors (Lipinski definition) is 4. The molecular formula is C22H28FN3O3. The van der Waals surface area contributed by atoms with E-state index in [-0.39, 0.29) is 23.9 Å². The van der Waals surface area contributed by atoms with Crippen molar-refractivity contribution in [2.45, 2.75) is 45.4 Å². The molecule has 2 fully saturated rings. The highest BCUT2D eigenvalue weighted by molar-refractivity contribution is 5.77. The van der Waals surface area contributed by atoms with Crippen molar-refractivity contribution in [3.63, 3.8) is 0 Å². The highest BCUT2D eigenvalue weighted by Crippen LogP contribution is 2.39. The third kappa shape index (κ3) is 4.67. The van der Waals surface area contributed by atoms with Gasteiger partial charge in [-0.2, -0.15) is 5.10 Å². The van der Waals surface area contributed by atoms with E-state index < -0.39 is 0 Å². The summed E-state index contributed by atoms with van der Waals surface area (Å²) in [6.45, 7) is 7.26. The molecule has 0 bridgehead atoms. The molecule has 1 unspecified atom stereocenters. The van der Waals surface area contributed by atoms with E-state index in [4.69, 9.17) is 9.47 Å². The van der Waals surface area contributed by atoms with Crippen molar-refractivity contribution in [1.29, 1.82) is 0 Å². The van der Waals surface area contributed by atoms with Crippen LogP contribution >= 0.6 is 0 Å². The van der Waals surface area contributed by atoms with E-state index in [2.05, 4.69) is 5.10 Å². The quantitative estimate of drug-likeness (QED) is 0.670. The number of halogens is 1. The van der Waals surface area contributed by atoms with Crippen LogP contribution in [0.4, 0.5) is 4.39 Å². The summed E-state index contributed by atoms with van der Waals surface area (Å²) in [5, 5.41) is 4.36. The zero-order chi connectivity index (χ0) is 20.4. The van der Waals surface area contributed by atoms with Crippen LogP contribution in [-0.4, -0.2) is 52.5 Å². The van der Waals surface area contributed by atoms with Gasteiger partial charge in [0.15, 0.2) is 0 Å². The van der Waals surface area contributed by atoms with Crippen LogP contribution < -0.4 is 0 Å². The number of aromatic nitrogens is 2. The Morgan fingerprint density at radius 1 is 1.34 bits per heavy atom. The van der Waals surface area contributed by atoms with Gasteiger partial charge in [0.1, 0.15) is 18.0 Å². The van der Waals surface area contributed by atoms with Crippen molar-refractivity contribution in [1.82, 2.24) is 14.7 Å². The van der Waals surface area contributed by atoms with Gasteiger partial charge >= 0.3 is 0 Å². The minimum absolute atomic E-state index is 0.0901. The normalized spacial score (nSPS) is 20.2. The fourth-order valence-corrected chi connectivity index (χ4v) is 4.30. The molecule has 29 heavy (non-hydrogen) atoms. The number of ether oxygens (including phenoxy) is 2. The molecule has 4 rings (SSSR count). The van der Waals surface area contributed by atoms with E-state index >= 15 is 0 Å². The molecule has 1 aromatic carbocycles. The lowest BCUT2D eigenvalue weighted by molar-refractivity contribution is -0.158. The van der Waals surface area contributed by atoms with E-state index in [1.807, 2.05) is 30.9 Å². The average Bonchev–Trinajstić information content (AvgIpc) is 3.21. The van der Waals surface area contributed by atoms with E-state index in [0.29, 0.717) is 38.8 Å². The fraction of sp³-hybridized carbons (Fsp3) is 0.545. The van der Waals surface area contributed by atoms with Crippen molar-refractivity contribution >= 4 is 5.91 Å². The zero-order valence-electron chi connectivity index (χ0n) is 17.1. The van der Waals surface area contributed by atoms with Crippen LogP contribution in [0.3, 0.4) is 0 Å². The number of aryl methyl sites for hydroxylation is 2. The number of hydrogen-bond donors (Lipinski definition) is 0. The molecule has 7 heteroatoms. The summed E-state index contributed by atoms with van der Waals surface area (Å²) in [5.41, 5.74) is 2.59. The number of rotatable bonds is 7. The summed E-state index contributed by atoms with van der Waals surface area (Å²) in [6, 6.07) is 8.47. The Kier molecular flexibility index (Phi) is 5.69. The molecule has 2 aliphatic rings. The van der Waals surface area contributed by atoms with Crippen molar-refractivity contribution in [3.05, 3.63) is 53.1 Å². The molecule has 2 saturated heterocycles. The second-order valence-electron chi connectivity index (χ2n) is 8.37. The lowest BCUT2D eigenvalue weighted by Gasteiger charge is -2.47. The summed E-state index contributed by atoms with van der Waals surface area (Å²) in [4.78, 5) is 14.4.